The average Bonchev–Trinajstić information content (AvgIpc) is 3.09. The summed E-state index contributed by atoms with van der Waals surface area (Å²) in [5.41, 5.74) is 0.656. The van der Waals surface area contributed by atoms with Gasteiger partial charge in [0.25, 0.3) is 0 Å². The predicted octanol–water partition coefficient (Wildman–Crippen LogP) is 6.39. The number of rotatable bonds is 4. The normalized spacial score (nSPS) is 50.2. The fraction of sp³-hybridized carbons (Fsp3) is 0.786. The molecule has 1 N–H and O–H groups in total. The second-order valence-corrected chi connectivity index (χ2v) is 12.3. The molecule has 2 spiro atoms. The summed E-state index contributed by atoms with van der Waals surface area (Å²) in [4.78, 5) is 12.6. The zero-order valence-electron chi connectivity index (χ0n) is 20.4. The van der Waals surface area contributed by atoms with Crippen molar-refractivity contribution in [1.29, 1.82) is 0 Å². The molecule has 0 amide bonds. The Morgan fingerprint density at radius 3 is 2.48 bits per heavy atom. The van der Waals surface area contributed by atoms with Crippen molar-refractivity contribution in [3.05, 3.63) is 36.0 Å². The summed E-state index contributed by atoms with van der Waals surface area (Å²) < 4.78 is 0. The van der Waals surface area contributed by atoms with Gasteiger partial charge < -0.3 is 5.11 Å². The lowest BCUT2D eigenvalue weighted by Gasteiger charge is -2.66. The lowest BCUT2D eigenvalue weighted by molar-refractivity contribution is -0.455. The SMILES string of the molecule is CC(C)[C@@H](C)/C=C/[C@@H](C)C1CCC2C1(C)CC=C1C3(C)CCC(O)C[C@]34C=C[C@@]12OO4. The van der Waals surface area contributed by atoms with Crippen LogP contribution in [0, 0.1) is 40.4 Å². The molecule has 0 aromatic heterocycles. The predicted molar refractivity (Wildman–Crippen MR) is 124 cm³/mol. The maximum absolute atomic E-state index is 10.4. The molecule has 0 aromatic carbocycles. The van der Waals surface area contributed by atoms with Crippen LogP contribution in [0.4, 0.5) is 0 Å². The molecular weight excluding hydrogens is 384 g/mol. The van der Waals surface area contributed by atoms with E-state index in [1.807, 2.05) is 0 Å². The molecule has 6 rings (SSSR count). The van der Waals surface area contributed by atoms with Crippen LogP contribution in [0.15, 0.2) is 36.0 Å². The van der Waals surface area contributed by atoms with Gasteiger partial charge in [-0.05, 0) is 78.9 Å². The number of hydrogen-bond acceptors (Lipinski definition) is 3. The standard InChI is InChI=1S/C28H42O3/c1-18(2)19(3)7-8-20(4)22-9-10-23-25(22,5)13-12-24-26(6)14-11-21(29)17-27(26)15-16-28(23,24)31-30-27/h7-8,12,15-16,18-23,29H,9-11,13-14,17H2,1-6H3/b8-7+/t19-,20+,21?,22?,23?,25?,26?,27+,28-/m0/s1. The van der Waals surface area contributed by atoms with Gasteiger partial charge >= 0.3 is 0 Å². The third kappa shape index (κ3) is 2.82. The van der Waals surface area contributed by atoms with Crippen molar-refractivity contribution >= 4 is 0 Å². The molecular formula is C28H42O3. The van der Waals surface area contributed by atoms with Gasteiger partial charge in [0, 0.05) is 17.8 Å². The third-order valence-electron chi connectivity index (χ3n) is 10.5. The van der Waals surface area contributed by atoms with Gasteiger partial charge in [-0.25, -0.2) is 9.78 Å². The van der Waals surface area contributed by atoms with E-state index < -0.39 is 11.2 Å². The number of fused-ring (bicyclic) bond motifs is 2. The summed E-state index contributed by atoms with van der Waals surface area (Å²) in [6, 6.07) is 0. The first-order valence-corrected chi connectivity index (χ1v) is 12.7. The Labute approximate surface area is 188 Å². The molecule has 9 atom stereocenters. The summed E-state index contributed by atoms with van der Waals surface area (Å²) in [6.07, 6.45) is 17.8. The van der Waals surface area contributed by atoms with E-state index in [0.29, 0.717) is 36.0 Å². The van der Waals surface area contributed by atoms with E-state index >= 15 is 0 Å². The monoisotopic (exact) mass is 426 g/mol. The Bertz CT molecular complexity index is 826. The number of aliphatic hydroxyl groups excluding tert-OH is 1. The molecule has 1 saturated heterocycles. The number of allylic oxidation sites excluding steroid dienone is 3. The highest BCUT2D eigenvalue weighted by Gasteiger charge is 2.71. The summed E-state index contributed by atoms with van der Waals surface area (Å²) >= 11 is 0. The molecule has 3 nitrogen and oxygen atoms in total. The first-order chi connectivity index (χ1) is 14.6. The molecule has 2 saturated carbocycles. The Kier molecular flexibility index (Phi) is 4.98. The molecule has 0 radical (unpaired) electrons. The molecule has 2 aliphatic heterocycles. The van der Waals surface area contributed by atoms with Crippen LogP contribution in [0.2, 0.25) is 0 Å². The molecule has 3 heteroatoms. The lowest BCUT2D eigenvalue weighted by atomic mass is 9.47. The highest BCUT2D eigenvalue weighted by atomic mass is 17.2. The van der Waals surface area contributed by atoms with Crippen LogP contribution in [-0.4, -0.2) is 22.4 Å². The molecule has 2 bridgehead atoms. The van der Waals surface area contributed by atoms with Crippen molar-refractivity contribution in [3.8, 4) is 0 Å². The zero-order chi connectivity index (χ0) is 22.2. The first-order valence-electron chi connectivity index (χ1n) is 12.7. The van der Waals surface area contributed by atoms with Crippen molar-refractivity contribution < 1.29 is 14.9 Å². The molecule has 31 heavy (non-hydrogen) atoms. The summed E-state index contributed by atoms with van der Waals surface area (Å²) in [6.45, 7) is 14.2. The van der Waals surface area contributed by atoms with Crippen LogP contribution < -0.4 is 0 Å². The molecule has 3 fully saturated rings. The Morgan fingerprint density at radius 1 is 1.03 bits per heavy atom. The summed E-state index contributed by atoms with van der Waals surface area (Å²) in [5.74, 6) is 2.98. The Hall–Kier alpha value is -0.900. The van der Waals surface area contributed by atoms with Gasteiger partial charge in [-0.1, -0.05) is 59.8 Å². The van der Waals surface area contributed by atoms with E-state index in [2.05, 4.69) is 71.9 Å². The largest absolute Gasteiger partial charge is 0.393 e. The van der Waals surface area contributed by atoms with Crippen molar-refractivity contribution in [3.63, 3.8) is 0 Å². The molecule has 4 aliphatic carbocycles. The maximum Gasteiger partial charge on any atom is 0.147 e. The zero-order valence-corrected chi connectivity index (χ0v) is 20.4. The van der Waals surface area contributed by atoms with Crippen molar-refractivity contribution in [2.75, 3.05) is 0 Å². The van der Waals surface area contributed by atoms with Gasteiger partial charge in [-0.3, -0.25) is 0 Å². The average molecular weight is 427 g/mol. The topological polar surface area (TPSA) is 38.7 Å². The van der Waals surface area contributed by atoms with Gasteiger partial charge in [0.05, 0.1) is 6.10 Å². The van der Waals surface area contributed by atoms with Gasteiger partial charge in [-0.2, -0.15) is 0 Å². The Morgan fingerprint density at radius 2 is 1.81 bits per heavy atom. The van der Waals surface area contributed by atoms with Crippen molar-refractivity contribution in [2.45, 2.75) is 97.4 Å². The minimum Gasteiger partial charge on any atom is -0.393 e. The van der Waals surface area contributed by atoms with E-state index in [1.54, 1.807) is 0 Å². The molecule has 2 heterocycles. The fourth-order valence-electron chi connectivity index (χ4n) is 8.01. The van der Waals surface area contributed by atoms with E-state index in [-0.39, 0.29) is 16.9 Å². The second kappa shape index (κ2) is 7.05. The second-order valence-electron chi connectivity index (χ2n) is 12.3. The first kappa shape index (κ1) is 21.9. The van der Waals surface area contributed by atoms with Crippen LogP contribution in [0.25, 0.3) is 0 Å². The quantitative estimate of drug-likeness (QED) is 0.418. The smallest absolute Gasteiger partial charge is 0.147 e. The van der Waals surface area contributed by atoms with E-state index in [4.69, 9.17) is 9.78 Å². The fourth-order valence-corrected chi connectivity index (χ4v) is 8.01. The van der Waals surface area contributed by atoms with Crippen molar-refractivity contribution in [1.82, 2.24) is 0 Å². The minimum absolute atomic E-state index is 0.0726. The molecule has 6 aliphatic rings. The van der Waals surface area contributed by atoms with Crippen LogP contribution in [0.5, 0.6) is 0 Å². The van der Waals surface area contributed by atoms with Gasteiger partial charge in [0.2, 0.25) is 0 Å². The van der Waals surface area contributed by atoms with Gasteiger partial charge in [-0.15, -0.1) is 0 Å². The Balaban J connectivity index is 1.48. The van der Waals surface area contributed by atoms with Crippen molar-refractivity contribution in [2.24, 2.45) is 40.4 Å². The molecule has 0 aromatic rings. The number of aliphatic hydroxyl groups is 1. The van der Waals surface area contributed by atoms with Crippen LogP contribution >= 0.6 is 0 Å². The van der Waals surface area contributed by atoms with Crippen LogP contribution in [0.1, 0.15) is 80.1 Å². The summed E-state index contributed by atoms with van der Waals surface area (Å²) in [5, 5.41) is 10.4. The highest BCUT2D eigenvalue weighted by Crippen LogP contribution is 2.71. The van der Waals surface area contributed by atoms with E-state index in [0.717, 1.165) is 19.3 Å². The maximum atomic E-state index is 10.4. The van der Waals surface area contributed by atoms with E-state index in [1.165, 1.54) is 18.4 Å². The summed E-state index contributed by atoms with van der Waals surface area (Å²) in [7, 11) is 0. The van der Waals surface area contributed by atoms with Crippen LogP contribution in [-0.2, 0) is 9.78 Å². The molecule has 172 valence electrons. The van der Waals surface area contributed by atoms with Crippen LogP contribution in [0.3, 0.4) is 0 Å². The minimum atomic E-state index is -0.507. The molecule has 5 unspecified atom stereocenters. The third-order valence-corrected chi connectivity index (χ3v) is 10.5. The lowest BCUT2D eigenvalue weighted by Crippen LogP contribution is -2.69. The highest BCUT2D eigenvalue weighted by molar-refractivity contribution is 5.48. The van der Waals surface area contributed by atoms with Gasteiger partial charge in [0.15, 0.2) is 0 Å². The van der Waals surface area contributed by atoms with E-state index in [9.17, 15) is 5.11 Å². The van der Waals surface area contributed by atoms with Gasteiger partial charge in [0.1, 0.15) is 11.2 Å². The number of hydrogen-bond donors (Lipinski definition) is 1.